The Bertz CT molecular complexity index is 565. The molecule has 0 amide bonds. The number of nitrogens with zero attached hydrogens (tertiary/aromatic N) is 1. The maximum Gasteiger partial charge on any atom is 0.126 e. The molecule has 1 aromatic carbocycles. The van der Waals surface area contributed by atoms with Crippen LogP contribution in [0.25, 0.3) is 0 Å². The zero-order valence-electron chi connectivity index (χ0n) is 12.2. The van der Waals surface area contributed by atoms with E-state index in [4.69, 9.17) is 0 Å². The van der Waals surface area contributed by atoms with Crippen molar-refractivity contribution in [1.82, 2.24) is 10.3 Å². The Morgan fingerprint density at radius 3 is 2.65 bits per heavy atom. The van der Waals surface area contributed by atoms with Gasteiger partial charge >= 0.3 is 0 Å². The van der Waals surface area contributed by atoms with Crippen LogP contribution in [0.5, 0.6) is 0 Å². The lowest BCUT2D eigenvalue weighted by Crippen LogP contribution is -2.24. The molecular weight excluding hydrogens is 271 g/mol. The Kier molecular flexibility index (Phi) is 5.26. The van der Waals surface area contributed by atoms with E-state index in [-0.39, 0.29) is 11.9 Å². The third-order valence-corrected chi connectivity index (χ3v) is 4.47. The summed E-state index contributed by atoms with van der Waals surface area (Å²) in [6.07, 6.45) is 1.72. The topological polar surface area (TPSA) is 24.9 Å². The zero-order chi connectivity index (χ0) is 14.5. The van der Waals surface area contributed by atoms with Crippen molar-refractivity contribution < 1.29 is 4.39 Å². The van der Waals surface area contributed by atoms with E-state index in [2.05, 4.69) is 17.2 Å². The fourth-order valence-electron chi connectivity index (χ4n) is 2.33. The Labute approximate surface area is 124 Å². The van der Waals surface area contributed by atoms with Crippen LogP contribution in [0, 0.1) is 19.7 Å². The lowest BCUT2D eigenvalue weighted by molar-refractivity contribution is 0.517. The number of hydrogen-bond acceptors (Lipinski definition) is 3. The number of halogens is 1. The Hall–Kier alpha value is -1.26. The number of rotatable bonds is 6. The van der Waals surface area contributed by atoms with Gasteiger partial charge in [-0.1, -0.05) is 25.1 Å². The predicted octanol–water partition coefficient (Wildman–Crippen LogP) is 4.18. The second-order valence-electron chi connectivity index (χ2n) is 4.98. The van der Waals surface area contributed by atoms with Crippen LogP contribution in [0.15, 0.2) is 24.3 Å². The van der Waals surface area contributed by atoms with Crippen LogP contribution in [0.3, 0.4) is 0 Å². The molecule has 0 aliphatic carbocycles. The fourth-order valence-corrected chi connectivity index (χ4v) is 3.33. The molecule has 0 aliphatic rings. The minimum Gasteiger partial charge on any atom is -0.309 e. The van der Waals surface area contributed by atoms with Crippen molar-refractivity contribution in [2.45, 2.75) is 39.7 Å². The molecule has 2 aromatic rings. The lowest BCUT2D eigenvalue weighted by atomic mass is 10.0. The van der Waals surface area contributed by atoms with Crippen molar-refractivity contribution >= 4 is 11.3 Å². The highest BCUT2D eigenvalue weighted by molar-refractivity contribution is 7.11. The first-order chi connectivity index (χ1) is 9.61. The molecule has 0 fully saturated rings. The van der Waals surface area contributed by atoms with Gasteiger partial charge in [-0.2, -0.15) is 0 Å². The van der Waals surface area contributed by atoms with Gasteiger partial charge in [-0.3, -0.25) is 0 Å². The Morgan fingerprint density at radius 1 is 1.30 bits per heavy atom. The lowest BCUT2D eigenvalue weighted by Gasteiger charge is -2.18. The van der Waals surface area contributed by atoms with Crippen LogP contribution in [-0.4, -0.2) is 11.5 Å². The van der Waals surface area contributed by atoms with Crippen LogP contribution in [0.4, 0.5) is 4.39 Å². The molecule has 2 rings (SSSR count). The summed E-state index contributed by atoms with van der Waals surface area (Å²) in [4.78, 5) is 5.71. The first kappa shape index (κ1) is 15.1. The Balaban J connectivity index is 2.24. The summed E-state index contributed by atoms with van der Waals surface area (Å²) < 4.78 is 13.9. The van der Waals surface area contributed by atoms with Crippen LogP contribution in [-0.2, 0) is 6.42 Å². The molecule has 0 aliphatic heterocycles. The quantitative estimate of drug-likeness (QED) is 0.864. The van der Waals surface area contributed by atoms with E-state index < -0.39 is 0 Å². The molecule has 108 valence electrons. The first-order valence-corrected chi connectivity index (χ1v) is 7.84. The average Bonchev–Trinajstić information content (AvgIpc) is 2.75. The highest BCUT2D eigenvalue weighted by Crippen LogP contribution is 2.28. The molecule has 0 saturated heterocycles. The number of benzene rings is 1. The summed E-state index contributed by atoms with van der Waals surface area (Å²) in [7, 11) is 0. The number of nitrogens with one attached hydrogen (secondary N) is 1. The van der Waals surface area contributed by atoms with Gasteiger partial charge in [0, 0.05) is 10.9 Å². The molecular formula is C16H21FN2S. The second-order valence-corrected chi connectivity index (χ2v) is 6.22. The van der Waals surface area contributed by atoms with Crippen molar-refractivity contribution in [3.05, 3.63) is 51.2 Å². The number of aryl methyl sites for hydroxylation is 2. The minimum atomic E-state index is -0.130. The van der Waals surface area contributed by atoms with E-state index in [0.29, 0.717) is 6.42 Å². The molecule has 2 nitrogen and oxygen atoms in total. The first-order valence-electron chi connectivity index (χ1n) is 7.02. The summed E-state index contributed by atoms with van der Waals surface area (Å²) in [6, 6.07) is 7.14. The molecule has 1 unspecified atom stereocenters. The maximum atomic E-state index is 13.9. The normalized spacial score (nSPS) is 12.6. The molecule has 0 saturated carbocycles. The molecule has 0 bridgehead atoms. The van der Waals surface area contributed by atoms with Crippen molar-refractivity contribution in [3.63, 3.8) is 0 Å². The molecule has 1 atom stereocenters. The predicted molar refractivity (Wildman–Crippen MR) is 82.7 cm³/mol. The summed E-state index contributed by atoms with van der Waals surface area (Å²) in [6.45, 7) is 7.11. The largest absolute Gasteiger partial charge is 0.309 e. The molecule has 1 N–H and O–H groups in total. The van der Waals surface area contributed by atoms with Crippen molar-refractivity contribution in [2.75, 3.05) is 6.54 Å². The van der Waals surface area contributed by atoms with E-state index in [1.54, 1.807) is 17.4 Å². The molecule has 1 heterocycles. The van der Waals surface area contributed by atoms with Gasteiger partial charge in [0.05, 0.1) is 10.7 Å². The molecule has 4 heteroatoms. The van der Waals surface area contributed by atoms with E-state index >= 15 is 0 Å². The summed E-state index contributed by atoms with van der Waals surface area (Å²) in [5.74, 6) is -0.130. The van der Waals surface area contributed by atoms with Crippen molar-refractivity contribution in [3.8, 4) is 0 Å². The van der Waals surface area contributed by atoms with Crippen molar-refractivity contribution in [2.24, 2.45) is 0 Å². The van der Waals surface area contributed by atoms with Crippen molar-refractivity contribution in [1.29, 1.82) is 0 Å². The highest BCUT2D eigenvalue weighted by atomic mass is 32.1. The van der Waals surface area contributed by atoms with Gasteiger partial charge in [0.25, 0.3) is 0 Å². The van der Waals surface area contributed by atoms with Gasteiger partial charge in [-0.25, -0.2) is 9.37 Å². The van der Waals surface area contributed by atoms with Crippen LogP contribution >= 0.6 is 11.3 Å². The second kappa shape index (κ2) is 6.95. The van der Waals surface area contributed by atoms with Crippen LogP contribution < -0.4 is 5.32 Å². The third kappa shape index (κ3) is 3.64. The van der Waals surface area contributed by atoms with E-state index in [0.717, 1.165) is 29.2 Å². The molecule has 0 spiro atoms. The zero-order valence-corrected chi connectivity index (χ0v) is 13.1. The molecule has 20 heavy (non-hydrogen) atoms. The van der Waals surface area contributed by atoms with E-state index in [1.807, 2.05) is 26.0 Å². The van der Waals surface area contributed by atoms with E-state index in [1.165, 1.54) is 10.9 Å². The summed E-state index contributed by atoms with van der Waals surface area (Å²) >= 11 is 1.70. The number of thiazole rings is 1. The van der Waals surface area contributed by atoms with Crippen LogP contribution in [0.1, 0.15) is 40.5 Å². The number of hydrogen-bond donors (Lipinski definition) is 1. The smallest absolute Gasteiger partial charge is 0.126 e. The Morgan fingerprint density at radius 2 is 2.05 bits per heavy atom. The fraction of sp³-hybridized carbons (Fsp3) is 0.438. The monoisotopic (exact) mass is 292 g/mol. The molecule has 1 aromatic heterocycles. The highest BCUT2D eigenvalue weighted by Gasteiger charge is 2.18. The summed E-state index contributed by atoms with van der Waals surface area (Å²) in [5.41, 5.74) is 1.81. The van der Waals surface area contributed by atoms with Gasteiger partial charge in [-0.05, 0) is 44.9 Å². The standard InChI is InChI=1S/C16H21FN2S/c1-4-9-18-15(16-11(2)19-12(3)20-16)10-13-7-5-6-8-14(13)17/h5-8,15,18H,4,9-10H2,1-3H3. The SMILES string of the molecule is CCCNC(Cc1ccccc1F)c1sc(C)nc1C. The van der Waals surface area contributed by atoms with Gasteiger partial charge < -0.3 is 5.32 Å². The van der Waals surface area contributed by atoms with Gasteiger partial charge in [-0.15, -0.1) is 11.3 Å². The van der Waals surface area contributed by atoms with Crippen LogP contribution in [0.2, 0.25) is 0 Å². The van der Waals surface area contributed by atoms with Gasteiger partial charge in [0.15, 0.2) is 0 Å². The number of aromatic nitrogens is 1. The molecule has 0 radical (unpaired) electrons. The average molecular weight is 292 g/mol. The summed E-state index contributed by atoms with van der Waals surface area (Å²) in [5, 5.41) is 4.58. The van der Waals surface area contributed by atoms with Gasteiger partial charge in [0.1, 0.15) is 5.82 Å². The van der Waals surface area contributed by atoms with E-state index in [9.17, 15) is 4.39 Å². The third-order valence-electron chi connectivity index (χ3n) is 3.28. The maximum absolute atomic E-state index is 13.9. The minimum absolute atomic E-state index is 0.130. The van der Waals surface area contributed by atoms with Gasteiger partial charge in [0.2, 0.25) is 0 Å².